The summed E-state index contributed by atoms with van der Waals surface area (Å²) >= 11 is 0. The molecule has 6 aliphatic heterocycles. The molecule has 6 aliphatic rings. The van der Waals surface area contributed by atoms with Crippen molar-refractivity contribution in [2.45, 2.75) is 0 Å². The lowest BCUT2D eigenvalue weighted by molar-refractivity contribution is 0.443. The third-order valence-electron chi connectivity index (χ3n) is 28.3. The Bertz CT molecular complexity index is 8070. The molecule has 0 saturated heterocycles. The van der Waals surface area contributed by atoms with E-state index in [1.54, 1.807) is 0 Å². The second kappa shape index (κ2) is 32.2. The van der Waals surface area contributed by atoms with Crippen LogP contribution in [0.25, 0.3) is 111 Å². The highest BCUT2D eigenvalue weighted by Crippen LogP contribution is 2.58. The van der Waals surface area contributed by atoms with E-state index < -0.39 is 13.4 Å². The molecule has 7 nitrogen and oxygen atoms in total. The molecule has 6 heterocycles. The summed E-state index contributed by atoms with van der Waals surface area (Å²) in [6.45, 7) is -1.49. The predicted molar refractivity (Wildman–Crippen MR) is 565 cm³/mol. The third kappa shape index (κ3) is 12.9. The molecule has 0 N–H and O–H groups in total. The van der Waals surface area contributed by atoms with Gasteiger partial charge in [-0.2, -0.15) is 0 Å². The van der Waals surface area contributed by atoms with E-state index in [2.05, 4.69) is 500 Å². The molecule has 632 valence electrons. The topological polar surface area (TPSA) is 46.6 Å². The van der Waals surface area contributed by atoms with Crippen LogP contribution in [0.15, 0.2) is 485 Å². The Balaban J connectivity index is 0.797. The SMILES string of the molecule is c1ccc(-c2ccc(N(c3ccc(-c4ccccc4)cc3)c3cc4c5c(c3)N(c3c(-c6ccccc6)cccc3-c3ccccc3)c3cc6c7c(c3B5c3ccc(-c5ccccc5)cc3N4c3c(-c4ccccc4)cccc3-c3ccccc3)Oc3cc(-c4ccccc4)ccc3B7c3c(cc4c5c3Oc3ccc(-c7ccccc7)cc3B5c3cc(-c5ccccc5)ccc3O4)O6)cc2)cc1. The zero-order chi connectivity index (χ0) is 89.4. The third-order valence-corrected chi connectivity index (χ3v) is 28.3. The van der Waals surface area contributed by atoms with Gasteiger partial charge in [0.05, 0.1) is 17.1 Å². The number of benzene rings is 21. The molecule has 27 rings (SSSR count). The van der Waals surface area contributed by atoms with Crippen molar-refractivity contribution < 1.29 is 18.9 Å². The monoisotopic (exact) mass is 1730 g/mol. The number of hydrogen-bond acceptors (Lipinski definition) is 7. The normalized spacial score (nSPS) is 12.7. The fourth-order valence-electron chi connectivity index (χ4n) is 22.1. The van der Waals surface area contributed by atoms with Crippen molar-refractivity contribution in [2.24, 2.45) is 0 Å². The Labute approximate surface area is 791 Å². The summed E-state index contributed by atoms with van der Waals surface area (Å²) < 4.78 is 32.2. The molecule has 10 heteroatoms. The van der Waals surface area contributed by atoms with Crippen LogP contribution in [-0.4, -0.2) is 20.1 Å². The minimum absolute atomic E-state index is 0.341. The first kappa shape index (κ1) is 78.3. The molecular weight excluding hydrogens is 1650 g/mol. The highest BCUT2D eigenvalue weighted by Gasteiger charge is 2.54. The Kier molecular flexibility index (Phi) is 18.5. The van der Waals surface area contributed by atoms with Crippen molar-refractivity contribution in [1.29, 1.82) is 0 Å². The van der Waals surface area contributed by atoms with Gasteiger partial charge < -0.3 is 33.6 Å². The summed E-state index contributed by atoms with van der Waals surface area (Å²) in [5.41, 5.74) is 39.1. The Hall–Kier alpha value is -17.6. The van der Waals surface area contributed by atoms with Gasteiger partial charge in [0.1, 0.15) is 46.0 Å². The summed E-state index contributed by atoms with van der Waals surface area (Å²) in [6.07, 6.45) is 0. The van der Waals surface area contributed by atoms with Crippen LogP contribution in [0.1, 0.15) is 0 Å². The van der Waals surface area contributed by atoms with Gasteiger partial charge in [0.25, 0.3) is 20.1 Å². The standard InChI is InChI=1S/C126H80B3N3O4/c1-11-33-81(34-12-1)87-57-65-97(66-58-87)130(98-67-59-88(60-68-98)82-35-13-2-14-36-82)99-77-109-118-110(78-99)132(124-102(91-49-27-9-28-50-91)55-32-56-103(124)92-51-29-10-30-52-92)111-79-115-121-125(119(111)128(118)104-69-61-95(85-41-19-5-20-42-85)75-108(104)131(109)123-100(89-45-23-7-24-46-89)53-31-54-101(123)90-47-25-8-26-48-90)136-114-76-96(86-43-21-6-22-44-86)62-70-105(114)129(121)122-117(134-115)80-116-120-126(122)135-113-72-64-94(84-39-17-4-18-40-84)74-107(113)127(120)106-73-93(63-71-112(106)133-116)83-37-15-3-16-38-83/h1-80H. The quantitative estimate of drug-likeness (QED) is 0.0948. The maximum absolute atomic E-state index is 8.50. The van der Waals surface area contributed by atoms with E-state index in [4.69, 9.17) is 18.9 Å². The number of anilines is 9. The van der Waals surface area contributed by atoms with E-state index in [-0.39, 0.29) is 6.71 Å². The van der Waals surface area contributed by atoms with Gasteiger partial charge in [-0.3, -0.25) is 0 Å². The minimum Gasteiger partial charge on any atom is -0.459 e. The van der Waals surface area contributed by atoms with Gasteiger partial charge in [0.2, 0.25) is 0 Å². The minimum atomic E-state index is -0.587. The van der Waals surface area contributed by atoms with Crippen molar-refractivity contribution in [3.63, 3.8) is 0 Å². The molecule has 0 aromatic heterocycles. The molecule has 21 aromatic rings. The van der Waals surface area contributed by atoms with Gasteiger partial charge in [0.15, 0.2) is 0 Å². The van der Waals surface area contributed by atoms with E-state index in [1.165, 1.54) is 0 Å². The number of nitrogens with zero attached hydrogens (tertiary/aromatic N) is 3. The van der Waals surface area contributed by atoms with Crippen LogP contribution < -0.4 is 82.8 Å². The summed E-state index contributed by atoms with van der Waals surface area (Å²) in [7, 11) is 0. The summed E-state index contributed by atoms with van der Waals surface area (Å²) in [5.74, 6) is 5.59. The van der Waals surface area contributed by atoms with E-state index >= 15 is 0 Å². The van der Waals surface area contributed by atoms with Crippen LogP contribution in [0.3, 0.4) is 0 Å². The lowest BCUT2D eigenvalue weighted by Crippen LogP contribution is -2.66. The summed E-state index contributed by atoms with van der Waals surface area (Å²) in [6, 6.07) is 178. The average molecular weight is 1730 g/mol. The Morgan fingerprint density at radius 1 is 0.162 bits per heavy atom. The largest absolute Gasteiger partial charge is 0.459 e. The van der Waals surface area contributed by atoms with Crippen molar-refractivity contribution >= 4 is 120 Å². The molecule has 0 fully saturated rings. The van der Waals surface area contributed by atoms with Gasteiger partial charge in [0, 0.05) is 84.9 Å². The van der Waals surface area contributed by atoms with Crippen molar-refractivity contribution in [3.05, 3.63) is 485 Å². The fraction of sp³-hybridized carbons (Fsp3) is 0. The first-order valence-corrected chi connectivity index (χ1v) is 46.7. The zero-order valence-electron chi connectivity index (χ0n) is 73.9. The first-order valence-electron chi connectivity index (χ1n) is 46.7. The van der Waals surface area contributed by atoms with E-state index in [1.807, 2.05) is 0 Å². The molecule has 0 radical (unpaired) electrons. The second-order valence-corrected chi connectivity index (χ2v) is 35.9. The predicted octanol–water partition coefficient (Wildman–Crippen LogP) is 27.4. The van der Waals surface area contributed by atoms with E-state index in [0.717, 1.165) is 229 Å². The van der Waals surface area contributed by atoms with Crippen molar-refractivity contribution in [2.75, 3.05) is 14.7 Å². The van der Waals surface area contributed by atoms with Crippen LogP contribution in [0, 0.1) is 0 Å². The zero-order valence-corrected chi connectivity index (χ0v) is 73.9. The molecule has 0 spiro atoms. The molecular formula is C126H80B3N3O4. The molecule has 0 unspecified atom stereocenters. The molecule has 0 atom stereocenters. The Morgan fingerprint density at radius 2 is 0.456 bits per heavy atom. The van der Waals surface area contributed by atoms with Gasteiger partial charge in [-0.05, 0) is 182 Å². The maximum atomic E-state index is 8.50. The number of rotatable bonds is 15. The van der Waals surface area contributed by atoms with E-state index in [0.29, 0.717) is 28.7 Å². The summed E-state index contributed by atoms with van der Waals surface area (Å²) in [4.78, 5) is 7.76. The average Bonchev–Trinajstić information content (AvgIpc) is 0.670. The van der Waals surface area contributed by atoms with E-state index in [9.17, 15) is 0 Å². The van der Waals surface area contributed by atoms with Gasteiger partial charge in [-0.15, -0.1) is 0 Å². The number of para-hydroxylation sites is 2. The van der Waals surface area contributed by atoms with Gasteiger partial charge >= 0.3 is 0 Å². The van der Waals surface area contributed by atoms with Crippen LogP contribution in [0.5, 0.6) is 46.0 Å². The molecule has 0 amide bonds. The van der Waals surface area contributed by atoms with Crippen LogP contribution in [0.4, 0.5) is 51.2 Å². The highest BCUT2D eigenvalue weighted by atomic mass is 16.5. The van der Waals surface area contributed by atoms with Crippen LogP contribution >= 0.6 is 0 Å². The van der Waals surface area contributed by atoms with Crippen molar-refractivity contribution in [3.8, 4) is 157 Å². The van der Waals surface area contributed by atoms with Gasteiger partial charge in [-0.25, -0.2) is 0 Å². The smallest absolute Gasteiger partial charge is 0.265 e. The first-order chi connectivity index (χ1) is 67.5. The molecule has 0 bridgehead atoms. The second-order valence-electron chi connectivity index (χ2n) is 35.9. The molecule has 21 aromatic carbocycles. The molecule has 136 heavy (non-hydrogen) atoms. The Morgan fingerprint density at radius 3 is 0.875 bits per heavy atom. The highest BCUT2D eigenvalue weighted by molar-refractivity contribution is 7.04. The fourth-order valence-corrected chi connectivity index (χ4v) is 22.1. The maximum Gasteiger partial charge on any atom is 0.265 e. The van der Waals surface area contributed by atoms with Crippen LogP contribution in [0.2, 0.25) is 0 Å². The molecule has 0 aliphatic carbocycles. The number of hydrogen-bond donors (Lipinski definition) is 0. The lowest BCUT2D eigenvalue weighted by atomic mass is 9.29. The van der Waals surface area contributed by atoms with Crippen LogP contribution in [-0.2, 0) is 0 Å². The number of fused-ring (bicyclic) bond motifs is 14. The molecule has 0 saturated carbocycles. The number of ether oxygens (including phenoxy) is 4. The van der Waals surface area contributed by atoms with Gasteiger partial charge in [-0.1, -0.05) is 413 Å². The lowest BCUT2D eigenvalue weighted by Gasteiger charge is -2.48. The summed E-state index contributed by atoms with van der Waals surface area (Å²) in [5, 5.41) is 0. The van der Waals surface area contributed by atoms with Crippen molar-refractivity contribution in [1.82, 2.24) is 0 Å².